The highest BCUT2D eigenvalue weighted by Crippen LogP contribution is 2.29. The third kappa shape index (κ3) is 3.76. The summed E-state index contributed by atoms with van der Waals surface area (Å²) in [5.41, 5.74) is -0.613. The molecule has 0 heterocycles. The number of carboxylic acids is 1. The molecule has 0 aromatic heterocycles. The van der Waals surface area contributed by atoms with Crippen LogP contribution in [0.5, 0.6) is 0 Å². The zero-order chi connectivity index (χ0) is 12.0. The molecule has 0 amide bonds. The normalized spacial score (nSPS) is 19.2. The smallest absolute Gasteiger partial charge is 0.323 e. The number of hydrogen-bond donors (Lipinski definition) is 2. The van der Waals surface area contributed by atoms with Crippen molar-refractivity contribution in [2.45, 2.75) is 44.1 Å². The summed E-state index contributed by atoms with van der Waals surface area (Å²) < 4.78 is 0. The summed E-state index contributed by atoms with van der Waals surface area (Å²) in [5, 5.41) is 12.5. The van der Waals surface area contributed by atoms with Gasteiger partial charge in [-0.05, 0) is 52.9 Å². The van der Waals surface area contributed by atoms with Gasteiger partial charge >= 0.3 is 5.97 Å². The molecule has 0 radical (unpaired) electrons. The van der Waals surface area contributed by atoms with E-state index >= 15 is 0 Å². The van der Waals surface area contributed by atoms with Crippen molar-refractivity contribution in [1.82, 2.24) is 10.2 Å². The minimum absolute atomic E-state index is 0.613. The van der Waals surface area contributed by atoms with E-state index in [1.54, 1.807) is 0 Å². The van der Waals surface area contributed by atoms with E-state index in [-0.39, 0.29) is 0 Å². The van der Waals surface area contributed by atoms with E-state index in [9.17, 15) is 9.90 Å². The Labute approximate surface area is 98.0 Å². The average Bonchev–Trinajstić information content (AvgIpc) is 2.66. The molecule has 0 aliphatic heterocycles. The van der Waals surface area contributed by atoms with E-state index in [4.69, 9.17) is 0 Å². The van der Waals surface area contributed by atoms with Gasteiger partial charge in [-0.3, -0.25) is 4.79 Å². The van der Waals surface area contributed by atoms with Crippen LogP contribution in [-0.2, 0) is 4.79 Å². The van der Waals surface area contributed by atoms with Crippen LogP contribution in [0.2, 0.25) is 0 Å². The predicted octanol–water partition coefficient (Wildman–Crippen LogP) is 1.32. The van der Waals surface area contributed by atoms with Crippen LogP contribution in [0.1, 0.15) is 38.5 Å². The highest BCUT2D eigenvalue weighted by molar-refractivity contribution is 5.79. The lowest BCUT2D eigenvalue weighted by Gasteiger charge is -2.25. The molecule has 0 bridgehead atoms. The van der Waals surface area contributed by atoms with Crippen LogP contribution >= 0.6 is 0 Å². The monoisotopic (exact) mass is 228 g/mol. The van der Waals surface area contributed by atoms with Crippen molar-refractivity contribution >= 4 is 5.97 Å². The summed E-state index contributed by atoms with van der Waals surface area (Å²) in [5.74, 6) is -0.669. The fourth-order valence-corrected chi connectivity index (χ4v) is 2.33. The van der Waals surface area contributed by atoms with Crippen LogP contribution in [0.25, 0.3) is 0 Å². The number of nitrogens with one attached hydrogen (secondary N) is 1. The lowest BCUT2D eigenvalue weighted by atomic mass is 9.98. The van der Waals surface area contributed by atoms with E-state index in [1.807, 2.05) is 0 Å². The Bertz CT molecular complexity index is 223. The molecule has 94 valence electrons. The summed E-state index contributed by atoms with van der Waals surface area (Å²) in [6, 6.07) is 0. The molecule has 0 spiro atoms. The van der Waals surface area contributed by atoms with Crippen LogP contribution in [0.4, 0.5) is 0 Å². The Morgan fingerprint density at radius 1 is 1.31 bits per heavy atom. The van der Waals surface area contributed by atoms with Crippen molar-refractivity contribution in [3.63, 3.8) is 0 Å². The summed E-state index contributed by atoms with van der Waals surface area (Å²) in [6.07, 6.45) is 5.82. The third-order valence-electron chi connectivity index (χ3n) is 3.36. The number of carboxylic acid groups (broad SMARTS) is 1. The first-order valence-electron chi connectivity index (χ1n) is 6.20. The van der Waals surface area contributed by atoms with Crippen LogP contribution in [0, 0.1) is 0 Å². The van der Waals surface area contributed by atoms with Gasteiger partial charge in [-0.15, -0.1) is 0 Å². The molecular weight excluding hydrogens is 204 g/mol. The molecule has 4 nitrogen and oxygen atoms in total. The first kappa shape index (κ1) is 13.5. The highest BCUT2D eigenvalue weighted by Gasteiger charge is 2.40. The molecule has 2 N–H and O–H groups in total. The van der Waals surface area contributed by atoms with Gasteiger partial charge in [0.2, 0.25) is 0 Å². The molecule has 4 heteroatoms. The average molecular weight is 228 g/mol. The molecule has 1 aliphatic rings. The largest absolute Gasteiger partial charge is 0.480 e. The highest BCUT2D eigenvalue weighted by atomic mass is 16.4. The molecule has 16 heavy (non-hydrogen) atoms. The number of carbonyl (C=O) groups is 1. The number of aliphatic carboxylic acids is 1. The van der Waals surface area contributed by atoms with Gasteiger partial charge < -0.3 is 15.3 Å². The summed E-state index contributed by atoms with van der Waals surface area (Å²) in [4.78, 5) is 13.4. The summed E-state index contributed by atoms with van der Waals surface area (Å²) in [7, 11) is 4.12. The van der Waals surface area contributed by atoms with E-state index < -0.39 is 11.5 Å². The molecule has 1 rings (SSSR count). The van der Waals surface area contributed by atoms with Crippen LogP contribution in [-0.4, -0.2) is 48.7 Å². The van der Waals surface area contributed by atoms with Crippen molar-refractivity contribution < 1.29 is 9.90 Å². The van der Waals surface area contributed by atoms with Crippen molar-refractivity contribution in [3.8, 4) is 0 Å². The van der Waals surface area contributed by atoms with E-state index in [0.717, 1.165) is 51.6 Å². The van der Waals surface area contributed by atoms with Crippen LogP contribution in [0.15, 0.2) is 0 Å². The van der Waals surface area contributed by atoms with Gasteiger partial charge in [0.15, 0.2) is 0 Å². The third-order valence-corrected chi connectivity index (χ3v) is 3.36. The van der Waals surface area contributed by atoms with Crippen LogP contribution in [0.3, 0.4) is 0 Å². The lowest BCUT2D eigenvalue weighted by Crippen LogP contribution is -2.50. The zero-order valence-electron chi connectivity index (χ0n) is 10.5. The fourth-order valence-electron chi connectivity index (χ4n) is 2.33. The van der Waals surface area contributed by atoms with Gasteiger partial charge in [0, 0.05) is 0 Å². The molecule has 0 unspecified atom stereocenters. The minimum atomic E-state index is -0.669. The Kier molecular flexibility index (Phi) is 5.22. The molecule has 0 aromatic carbocycles. The predicted molar refractivity (Wildman–Crippen MR) is 64.6 cm³/mol. The second-order valence-corrected chi connectivity index (χ2v) is 5.03. The van der Waals surface area contributed by atoms with Gasteiger partial charge in [-0.25, -0.2) is 0 Å². The molecule has 1 fully saturated rings. The van der Waals surface area contributed by atoms with Gasteiger partial charge in [0.05, 0.1) is 0 Å². The Hall–Kier alpha value is -0.610. The second kappa shape index (κ2) is 6.21. The Balaban J connectivity index is 2.21. The van der Waals surface area contributed by atoms with Crippen molar-refractivity contribution in [3.05, 3.63) is 0 Å². The van der Waals surface area contributed by atoms with Crippen molar-refractivity contribution in [2.75, 3.05) is 27.2 Å². The maximum atomic E-state index is 11.2. The van der Waals surface area contributed by atoms with Crippen molar-refractivity contribution in [2.24, 2.45) is 0 Å². The number of hydrogen-bond acceptors (Lipinski definition) is 3. The summed E-state index contributed by atoms with van der Waals surface area (Å²) in [6.45, 7) is 1.89. The Morgan fingerprint density at radius 2 is 1.94 bits per heavy atom. The molecule has 1 aliphatic carbocycles. The minimum Gasteiger partial charge on any atom is -0.480 e. The molecule has 0 saturated heterocycles. The van der Waals surface area contributed by atoms with E-state index in [1.165, 1.54) is 0 Å². The van der Waals surface area contributed by atoms with Crippen LogP contribution < -0.4 is 5.32 Å². The topological polar surface area (TPSA) is 52.6 Å². The SMILES string of the molecule is CN(C)CCCCNC1(C(=O)O)CCCC1. The van der Waals surface area contributed by atoms with E-state index in [2.05, 4.69) is 24.3 Å². The second-order valence-electron chi connectivity index (χ2n) is 5.03. The Morgan fingerprint density at radius 3 is 2.44 bits per heavy atom. The zero-order valence-corrected chi connectivity index (χ0v) is 10.5. The lowest BCUT2D eigenvalue weighted by molar-refractivity contribution is -0.144. The quantitative estimate of drug-likeness (QED) is 0.645. The fraction of sp³-hybridized carbons (Fsp3) is 0.917. The first-order valence-corrected chi connectivity index (χ1v) is 6.20. The van der Waals surface area contributed by atoms with Gasteiger partial charge in [-0.1, -0.05) is 12.8 Å². The molecule has 0 aromatic rings. The summed E-state index contributed by atoms with van der Waals surface area (Å²) >= 11 is 0. The molecular formula is C12H24N2O2. The van der Waals surface area contributed by atoms with Crippen molar-refractivity contribution in [1.29, 1.82) is 0 Å². The van der Waals surface area contributed by atoms with Gasteiger partial charge in [0.1, 0.15) is 5.54 Å². The molecule has 1 saturated carbocycles. The maximum absolute atomic E-state index is 11.2. The number of nitrogens with zero attached hydrogens (tertiary/aromatic N) is 1. The van der Waals surface area contributed by atoms with E-state index in [0.29, 0.717) is 0 Å². The van der Waals surface area contributed by atoms with Gasteiger partial charge in [0.25, 0.3) is 0 Å². The number of unbranched alkanes of at least 4 members (excludes halogenated alkanes) is 1. The first-order chi connectivity index (χ1) is 7.57. The standard InChI is InChI=1S/C12H24N2O2/c1-14(2)10-6-5-9-13-12(11(15)16)7-3-4-8-12/h13H,3-10H2,1-2H3,(H,15,16). The number of rotatable bonds is 7. The van der Waals surface area contributed by atoms with Gasteiger partial charge in [-0.2, -0.15) is 0 Å². The molecule has 0 atom stereocenters. The maximum Gasteiger partial charge on any atom is 0.323 e.